The van der Waals surface area contributed by atoms with Crippen LogP contribution in [0, 0.1) is 12.7 Å². The first-order valence-electron chi connectivity index (χ1n) is 3.99. The molecule has 0 aliphatic carbocycles. The van der Waals surface area contributed by atoms with Crippen molar-refractivity contribution in [1.29, 1.82) is 0 Å². The molecule has 0 spiro atoms. The first kappa shape index (κ1) is 7.98. The van der Waals surface area contributed by atoms with E-state index in [1.807, 2.05) is 6.92 Å². The fourth-order valence-corrected chi connectivity index (χ4v) is 1.40. The van der Waals surface area contributed by atoms with E-state index >= 15 is 0 Å². The van der Waals surface area contributed by atoms with Crippen LogP contribution in [0.2, 0.25) is 0 Å². The van der Waals surface area contributed by atoms with Crippen LogP contribution in [-0.4, -0.2) is 4.98 Å². The van der Waals surface area contributed by atoms with Crippen LogP contribution >= 0.6 is 0 Å². The first-order valence-corrected chi connectivity index (χ1v) is 3.99. The third-order valence-corrected chi connectivity index (χ3v) is 2.13. The van der Waals surface area contributed by atoms with Crippen LogP contribution in [0.15, 0.2) is 24.4 Å². The lowest BCUT2D eigenvalue weighted by Crippen LogP contribution is -1.93. The van der Waals surface area contributed by atoms with Gasteiger partial charge in [0.15, 0.2) is 0 Å². The number of anilines is 1. The van der Waals surface area contributed by atoms with Gasteiger partial charge >= 0.3 is 0 Å². The normalized spacial score (nSPS) is 10.6. The number of hydrogen-bond donors (Lipinski definition) is 1. The molecule has 0 saturated heterocycles. The molecule has 0 amide bonds. The Morgan fingerprint density at radius 2 is 2.00 bits per heavy atom. The van der Waals surface area contributed by atoms with Crippen molar-refractivity contribution in [3.05, 3.63) is 35.9 Å². The molecule has 0 radical (unpaired) electrons. The molecule has 0 bridgehead atoms. The molecule has 0 aliphatic heterocycles. The first-order chi connectivity index (χ1) is 6.20. The number of nitrogen functional groups attached to an aromatic ring is 1. The van der Waals surface area contributed by atoms with E-state index in [-0.39, 0.29) is 11.5 Å². The maximum atomic E-state index is 13.0. The second-order valence-corrected chi connectivity index (χ2v) is 2.95. The quantitative estimate of drug-likeness (QED) is 0.625. The van der Waals surface area contributed by atoms with E-state index in [1.165, 1.54) is 6.07 Å². The predicted octanol–water partition coefficient (Wildman–Crippen LogP) is 2.26. The third kappa shape index (κ3) is 1.13. The zero-order chi connectivity index (χ0) is 9.42. The Labute approximate surface area is 75.2 Å². The number of rotatable bonds is 0. The van der Waals surface area contributed by atoms with E-state index in [0.29, 0.717) is 0 Å². The van der Waals surface area contributed by atoms with Crippen LogP contribution in [0.5, 0.6) is 0 Å². The number of hydrogen-bond acceptors (Lipinski definition) is 2. The van der Waals surface area contributed by atoms with Gasteiger partial charge in [-0.15, -0.1) is 0 Å². The van der Waals surface area contributed by atoms with Crippen molar-refractivity contribution < 1.29 is 4.39 Å². The Kier molecular flexibility index (Phi) is 1.65. The topological polar surface area (TPSA) is 38.9 Å². The Morgan fingerprint density at radius 3 is 2.77 bits per heavy atom. The zero-order valence-corrected chi connectivity index (χ0v) is 7.21. The highest BCUT2D eigenvalue weighted by molar-refractivity contribution is 5.94. The maximum absolute atomic E-state index is 13.0. The van der Waals surface area contributed by atoms with Crippen LogP contribution < -0.4 is 5.73 Å². The largest absolute Gasteiger partial charge is 0.396 e. The number of nitrogens with zero attached hydrogens (tertiary/aromatic N) is 1. The summed E-state index contributed by atoms with van der Waals surface area (Å²) in [5.41, 5.74) is 6.65. The summed E-state index contributed by atoms with van der Waals surface area (Å²) in [7, 11) is 0. The van der Waals surface area contributed by atoms with Crippen molar-refractivity contribution in [3.63, 3.8) is 0 Å². The molecular weight excluding hydrogens is 167 g/mol. The number of nitrogens with two attached hydrogens (primary N) is 1. The summed E-state index contributed by atoms with van der Waals surface area (Å²) < 4.78 is 13.0. The van der Waals surface area contributed by atoms with Gasteiger partial charge in [0.1, 0.15) is 5.82 Å². The molecule has 2 aromatic rings. The molecule has 0 aliphatic rings. The number of pyridine rings is 1. The fraction of sp³-hybridized carbons (Fsp3) is 0.100. The predicted molar refractivity (Wildman–Crippen MR) is 50.9 cm³/mol. The highest BCUT2D eigenvalue weighted by atomic mass is 19.1. The zero-order valence-electron chi connectivity index (χ0n) is 7.21. The second kappa shape index (κ2) is 2.69. The van der Waals surface area contributed by atoms with E-state index in [1.54, 1.807) is 18.3 Å². The van der Waals surface area contributed by atoms with Gasteiger partial charge in [0.2, 0.25) is 0 Å². The molecule has 0 fully saturated rings. The summed E-state index contributed by atoms with van der Waals surface area (Å²) in [6.07, 6.45) is 1.63. The smallest absolute Gasteiger partial charge is 0.146 e. The molecule has 2 nitrogen and oxygen atoms in total. The molecule has 2 rings (SSSR count). The Hall–Kier alpha value is -1.64. The van der Waals surface area contributed by atoms with Gasteiger partial charge in [-0.3, -0.25) is 4.98 Å². The molecule has 1 aromatic carbocycles. The molecule has 0 saturated carbocycles. The van der Waals surface area contributed by atoms with Crippen molar-refractivity contribution in [2.45, 2.75) is 6.92 Å². The van der Waals surface area contributed by atoms with Crippen LogP contribution in [0.4, 0.5) is 10.1 Å². The number of aryl methyl sites for hydroxylation is 1. The van der Waals surface area contributed by atoms with Crippen molar-refractivity contribution in [2.24, 2.45) is 0 Å². The van der Waals surface area contributed by atoms with Crippen LogP contribution in [0.25, 0.3) is 10.8 Å². The molecular formula is C10H9FN2. The van der Waals surface area contributed by atoms with Crippen molar-refractivity contribution in [2.75, 3.05) is 5.73 Å². The summed E-state index contributed by atoms with van der Waals surface area (Å²) in [6.45, 7) is 1.87. The number of fused-ring (bicyclic) bond motifs is 1. The fourth-order valence-electron chi connectivity index (χ4n) is 1.40. The number of benzene rings is 1. The summed E-state index contributed by atoms with van der Waals surface area (Å²) in [4.78, 5) is 4.10. The molecule has 1 aromatic heterocycles. The van der Waals surface area contributed by atoms with Gasteiger partial charge in [-0.1, -0.05) is 0 Å². The molecule has 3 heteroatoms. The van der Waals surface area contributed by atoms with Crippen molar-refractivity contribution >= 4 is 16.5 Å². The molecule has 1 heterocycles. The minimum Gasteiger partial charge on any atom is -0.396 e. The second-order valence-electron chi connectivity index (χ2n) is 2.95. The van der Waals surface area contributed by atoms with E-state index < -0.39 is 0 Å². The lowest BCUT2D eigenvalue weighted by Gasteiger charge is -2.04. The van der Waals surface area contributed by atoms with Gasteiger partial charge in [-0.2, -0.15) is 0 Å². The summed E-state index contributed by atoms with van der Waals surface area (Å²) in [5, 5.41) is 1.63. The Morgan fingerprint density at radius 1 is 1.23 bits per heavy atom. The number of halogens is 1. The molecule has 13 heavy (non-hydrogen) atoms. The minimum atomic E-state index is -0.377. The standard InChI is InChI=1S/C10H9FN2/c1-6-7-2-3-9(11)10(12)8(7)4-5-13-6/h2-5H,12H2,1H3. The Balaban J connectivity index is 2.94. The van der Waals surface area contributed by atoms with E-state index in [9.17, 15) is 4.39 Å². The molecule has 0 atom stereocenters. The van der Waals surface area contributed by atoms with Gasteiger partial charge < -0.3 is 5.73 Å². The van der Waals surface area contributed by atoms with Gasteiger partial charge in [-0.05, 0) is 25.1 Å². The summed E-state index contributed by atoms with van der Waals surface area (Å²) >= 11 is 0. The SMILES string of the molecule is Cc1nccc2c(N)c(F)ccc12. The van der Waals surface area contributed by atoms with Crippen LogP contribution in [0.1, 0.15) is 5.69 Å². The molecule has 2 N–H and O–H groups in total. The van der Waals surface area contributed by atoms with Crippen LogP contribution in [-0.2, 0) is 0 Å². The van der Waals surface area contributed by atoms with Crippen LogP contribution in [0.3, 0.4) is 0 Å². The minimum absolute atomic E-state index is 0.197. The monoisotopic (exact) mass is 176 g/mol. The number of aromatic nitrogens is 1. The lowest BCUT2D eigenvalue weighted by atomic mass is 10.1. The van der Waals surface area contributed by atoms with E-state index in [4.69, 9.17) is 5.73 Å². The lowest BCUT2D eigenvalue weighted by molar-refractivity contribution is 0.634. The van der Waals surface area contributed by atoms with Gasteiger partial charge in [0, 0.05) is 22.7 Å². The molecule has 66 valence electrons. The Bertz CT molecular complexity index is 466. The van der Waals surface area contributed by atoms with Gasteiger partial charge in [0.05, 0.1) is 5.69 Å². The molecule has 0 unspecified atom stereocenters. The average molecular weight is 176 g/mol. The maximum Gasteiger partial charge on any atom is 0.146 e. The van der Waals surface area contributed by atoms with Gasteiger partial charge in [0.25, 0.3) is 0 Å². The summed E-state index contributed by atoms with van der Waals surface area (Å²) in [5.74, 6) is -0.377. The van der Waals surface area contributed by atoms with Crippen molar-refractivity contribution in [1.82, 2.24) is 4.98 Å². The average Bonchev–Trinajstić information content (AvgIpc) is 2.12. The highest BCUT2D eigenvalue weighted by Crippen LogP contribution is 2.24. The van der Waals surface area contributed by atoms with Crippen molar-refractivity contribution in [3.8, 4) is 0 Å². The van der Waals surface area contributed by atoms with Gasteiger partial charge in [-0.25, -0.2) is 4.39 Å². The van der Waals surface area contributed by atoms with E-state index in [0.717, 1.165) is 16.5 Å². The van der Waals surface area contributed by atoms with E-state index in [2.05, 4.69) is 4.98 Å². The third-order valence-electron chi connectivity index (χ3n) is 2.13. The summed E-state index contributed by atoms with van der Waals surface area (Å²) in [6, 6.07) is 4.79. The highest BCUT2D eigenvalue weighted by Gasteiger charge is 2.04.